The number of carbonyl (C=O) groups is 2. The zero-order valence-corrected chi connectivity index (χ0v) is 11.6. The van der Waals surface area contributed by atoms with E-state index >= 15 is 0 Å². The van der Waals surface area contributed by atoms with Gasteiger partial charge in [-0.25, -0.2) is 0 Å². The normalized spacial score (nSPS) is 13.4. The maximum atomic E-state index is 10.8. The van der Waals surface area contributed by atoms with Gasteiger partial charge in [-0.2, -0.15) is 0 Å². The second-order valence-electron chi connectivity index (χ2n) is 3.55. The van der Waals surface area contributed by atoms with E-state index in [1.165, 1.54) is 0 Å². The molecule has 0 aromatic carbocycles. The third kappa shape index (κ3) is 7.89. The van der Waals surface area contributed by atoms with E-state index in [1.807, 2.05) is 13.8 Å². The van der Waals surface area contributed by atoms with Gasteiger partial charge in [0.05, 0.1) is 21.9 Å². The molecule has 2 N–H and O–H groups in total. The minimum Gasteiger partial charge on any atom is -0.481 e. The lowest BCUT2D eigenvalue weighted by molar-refractivity contribution is -0.147. The monoisotopic (exact) mass is 264 g/mol. The third-order valence-corrected chi connectivity index (χ3v) is 4.20. The summed E-state index contributed by atoms with van der Waals surface area (Å²) in [5, 5.41) is 17.5. The van der Waals surface area contributed by atoms with Crippen LogP contribution >= 0.6 is 0 Å². The van der Waals surface area contributed by atoms with Crippen LogP contribution < -0.4 is 0 Å². The van der Waals surface area contributed by atoms with E-state index in [0.29, 0.717) is 19.3 Å². The molecular weight excluding hydrogens is 244 g/mol. The molecule has 1 unspecified atom stereocenters. The van der Waals surface area contributed by atoms with E-state index < -0.39 is 27.4 Å². The van der Waals surface area contributed by atoms with Crippen molar-refractivity contribution in [3.8, 4) is 0 Å². The average Bonchev–Trinajstić information content (AvgIpc) is 2.23. The largest absolute Gasteiger partial charge is 0.481 e. The molecule has 0 saturated heterocycles. The Hall–Kier alpha value is -0.923. The Bertz CT molecular complexity index is 239. The van der Waals surface area contributed by atoms with Crippen molar-refractivity contribution < 1.29 is 29.3 Å². The Kier molecular flexibility index (Phi) is 8.65. The minimum absolute atomic E-state index is 0.319. The van der Waals surface area contributed by atoms with Crippen LogP contribution in [0, 0.1) is 5.92 Å². The summed E-state index contributed by atoms with van der Waals surface area (Å²) in [6.07, 6.45) is -0.340. The summed E-state index contributed by atoms with van der Waals surface area (Å²) in [7, 11) is -0.919. The molecule has 100 valence electrons. The molecule has 17 heavy (non-hydrogen) atoms. The second kappa shape index (κ2) is 9.14. The first kappa shape index (κ1) is 16.1. The SMILES string of the molecule is CCOC(OCC)[SiH2]CC(CC(=O)O)C(=O)O. The summed E-state index contributed by atoms with van der Waals surface area (Å²) in [6.45, 7) is 4.70. The lowest BCUT2D eigenvalue weighted by Crippen LogP contribution is -2.29. The fraction of sp³-hybridized carbons (Fsp3) is 0.800. The molecule has 1 atom stereocenters. The number of hydrogen-bond donors (Lipinski definition) is 2. The van der Waals surface area contributed by atoms with Gasteiger partial charge < -0.3 is 19.7 Å². The highest BCUT2D eigenvalue weighted by Crippen LogP contribution is 2.11. The summed E-state index contributed by atoms with van der Waals surface area (Å²) in [6, 6.07) is 0.367. The van der Waals surface area contributed by atoms with Crippen LogP contribution in [0.4, 0.5) is 0 Å². The Balaban J connectivity index is 4.15. The van der Waals surface area contributed by atoms with Gasteiger partial charge in [0.1, 0.15) is 5.91 Å². The molecule has 0 aliphatic carbocycles. The molecule has 0 radical (unpaired) electrons. The minimum atomic E-state index is -1.09. The summed E-state index contributed by atoms with van der Waals surface area (Å²) in [4.78, 5) is 21.3. The maximum absolute atomic E-state index is 10.8. The molecule has 0 rings (SSSR count). The van der Waals surface area contributed by atoms with Crippen molar-refractivity contribution >= 4 is 21.5 Å². The van der Waals surface area contributed by atoms with Gasteiger partial charge in [-0.3, -0.25) is 9.59 Å². The topological polar surface area (TPSA) is 93.1 Å². The van der Waals surface area contributed by atoms with E-state index in [4.69, 9.17) is 19.7 Å². The Morgan fingerprint density at radius 3 is 2.06 bits per heavy atom. The van der Waals surface area contributed by atoms with Crippen molar-refractivity contribution in [3.05, 3.63) is 0 Å². The molecule has 6 nitrogen and oxygen atoms in total. The maximum Gasteiger partial charge on any atom is 0.306 e. The number of carboxylic acids is 2. The Morgan fingerprint density at radius 1 is 1.18 bits per heavy atom. The number of aliphatic carboxylic acids is 2. The standard InChI is InChI=1S/C10H20O6Si/c1-3-15-10(16-4-2)17-6-7(9(13)14)5-8(11)12/h7,10H,3-6,17H2,1-2H3,(H,11,12)(H,13,14). The predicted octanol–water partition coefficient (Wildman–Crippen LogP) is 0.106. The van der Waals surface area contributed by atoms with Crippen molar-refractivity contribution in [2.24, 2.45) is 5.92 Å². The molecule has 0 aliphatic heterocycles. The van der Waals surface area contributed by atoms with Gasteiger partial charge in [-0.1, -0.05) is 0 Å². The zero-order chi connectivity index (χ0) is 13.3. The van der Waals surface area contributed by atoms with Gasteiger partial charge in [0.2, 0.25) is 0 Å². The molecule has 0 spiro atoms. The fourth-order valence-electron chi connectivity index (χ4n) is 1.45. The summed E-state index contributed by atoms with van der Waals surface area (Å²) >= 11 is 0. The first-order valence-electron chi connectivity index (χ1n) is 5.69. The number of carboxylic acid groups (broad SMARTS) is 2. The van der Waals surface area contributed by atoms with Crippen LogP contribution in [0.1, 0.15) is 20.3 Å². The van der Waals surface area contributed by atoms with Crippen LogP contribution in [0.25, 0.3) is 0 Å². The van der Waals surface area contributed by atoms with E-state index in [0.717, 1.165) is 0 Å². The lowest BCUT2D eigenvalue weighted by Gasteiger charge is -2.18. The lowest BCUT2D eigenvalue weighted by atomic mass is 10.1. The predicted molar refractivity (Wildman–Crippen MR) is 63.8 cm³/mol. The molecule has 0 fully saturated rings. The summed E-state index contributed by atoms with van der Waals surface area (Å²) in [5.74, 6) is -3.30. The smallest absolute Gasteiger partial charge is 0.306 e. The molecule has 0 aromatic heterocycles. The first-order valence-corrected chi connectivity index (χ1v) is 7.50. The first-order chi connectivity index (χ1) is 8.01. The molecular formula is C10H20O6Si. The van der Waals surface area contributed by atoms with Crippen LogP contribution in [0.5, 0.6) is 0 Å². The number of hydrogen-bond acceptors (Lipinski definition) is 4. The van der Waals surface area contributed by atoms with E-state index in [1.54, 1.807) is 0 Å². The zero-order valence-electron chi connectivity index (χ0n) is 10.2. The molecule has 0 bridgehead atoms. The molecule has 0 aliphatic rings. The highest BCUT2D eigenvalue weighted by atomic mass is 28.2. The van der Waals surface area contributed by atoms with Gasteiger partial charge >= 0.3 is 11.9 Å². The number of rotatable bonds is 10. The third-order valence-electron chi connectivity index (χ3n) is 2.23. The van der Waals surface area contributed by atoms with Gasteiger partial charge in [-0.15, -0.1) is 0 Å². The van der Waals surface area contributed by atoms with Crippen molar-refractivity contribution in [1.29, 1.82) is 0 Å². The van der Waals surface area contributed by atoms with Crippen molar-refractivity contribution in [3.63, 3.8) is 0 Å². The van der Waals surface area contributed by atoms with E-state index in [-0.39, 0.29) is 12.3 Å². The van der Waals surface area contributed by atoms with Gasteiger partial charge in [0.15, 0.2) is 0 Å². The van der Waals surface area contributed by atoms with Crippen molar-refractivity contribution in [1.82, 2.24) is 0 Å². The van der Waals surface area contributed by atoms with E-state index in [2.05, 4.69) is 0 Å². The highest BCUT2D eigenvalue weighted by Gasteiger charge is 2.23. The van der Waals surface area contributed by atoms with Crippen LogP contribution in [-0.4, -0.2) is 50.8 Å². The van der Waals surface area contributed by atoms with Crippen LogP contribution in [0.3, 0.4) is 0 Å². The fourth-order valence-corrected chi connectivity index (χ4v) is 3.38. The number of ether oxygens (including phenoxy) is 2. The molecule has 0 aromatic rings. The highest BCUT2D eigenvalue weighted by molar-refractivity contribution is 6.37. The van der Waals surface area contributed by atoms with Crippen LogP contribution in [-0.2, 0) is 19.1 Å². The van der Waals surface area contributed by atoms with Crippen molar-refractivity contribution in [2.75, 3.05) is 13.2 Å². The van der Waals surface area contributed by atoms with Gasteiger partial charge in [0, 0.05) is 13.2 Å². The molecule has 0 heterocycles. The quantitative estimate of drug-likeness (QED) is 0.429. The van der Waals surface area contributed by atoms with Crippen LogP contribution in [0.2, 0.25) is 6.04 Å². The summed E-state index contributed by atoms with van der Waals surface area (Å²) in [5.41, 5.74) is 0. The molecule has 7 heteroatoms. The van der Waals surface area contributed by atoms with E-state index in [9.17, 15) is 9.59 Å². The Labute approximate surface area is 103 Å². The second-order valence-corrected chi connectivity index (χ2v) is 5.37. The van der Waals surface area contributed by atoms with Crippen LogP contribution in [0.15, 0.2) is 0 Å². The molecule has 0 amide bonds. The van der Waals surface area contributed by atoms with Crippen molar-refractivity contribution in [2.45, 2.75) is 32.2 Å². The Morgan fingerprint density at radius 2 is 1.71 bits per heavy atom. The average molecular weight is 264 g/mol. The van der Waals surface area contributed by atoms with Gasteiger partial charge in [0.25, 0.3) is 0 Å². The molecule has 0 saturated carbocycles. The summed E-state index contributed by atoms with van der Waals surface area (Å²) < 4.78 is 10.6. The van der Waals surface area contributed by atoms with Gasteiger partial charge in [-0.05, 0) is 19.9 Å².